The molecule has 3 heterocycles. The maximum atomic E-state index is 6.86. The predicted molar refractivity (Wildman–Crippen MR) is 327 cm³/mol. The molecular weight excluding hydrogens is 1080 g/mol. The topological polar surface area (TPSA) is 19.4 Å². The Morgan fingerprint density at radius 1 is 0.465 bits per heavy atom. The second-order valence-electron chi connectivity index (χ2n) is 21.1. The van der Waals surface area contributed by atoms with Crippen LogP contribution < -0.4 is 0 Å². The van der Waals surface area contributed by atoms with Gasteiger partial charge in [0, 0.05) is 69.5 Å². The minimum atomic E-state index is -1.77. The van der Waals surface area contributed by atoms with Crippen molar-refractivity contribution < 1.29 is 51.2 Å². The van der Waals surface area contributed by atoms with Crippen molar-refractivity contribution in [3.63, 3.8) is 0 Å². The predicted octanol–water partition coefficient (Wildman–Crippen LogP) is 17.3. The molecule has 0 spiro atoms. The van der Waals surface area contributed by atoms with Crippen LogP contribution in [-0.4, -0.2) is 133 Å². The van der Waals surface area contributed by atoms with E-state index in [1.54, 1.807) is 15.7 Å². The fraction of sp³-hybridized carbons (Fsp3) is 0.679. The molecule has 6 aliphatic carbocycles. The first-order valence-corrected chi connectivity index (χ1v) is 36.5. The Hall–Kier alpha value is 1.16. The van der Waals surface area contributed by atoms with Crippen LogP contribution in [0, 0.1) is 41.5 Å². The molecule has 3 saturated carbocycles. The molecule has 9 rings (SSSR count). The standard InChI is InChI=1S/C13H24BN2PSi.C13H24N2PSi.C10H16N2P.3C5H10.2CH4.3CH3.3Fe/c1-15-10-11-16(2)17(15,14)12-8-6-7-9-13(12)18(3,4)5;1-14-10-11-15(2)16(14)12-8-6-7-9-13(12)17(3,4)5;1-11-8-9-12(2)13(11)10-6-4-3-5-7-10;3*1-2-4-5-3-1;;;;;;;;/h6,8-9H,7,10-11H2,1-5H3;6,8-9H,7,10-11H2,1-5H3;4-7H,3,8-9H2,1-2H3;3*1-5H2;2*1H4;3*1H3;;;/q;2*-1;;;;;;3*-1;3*+2. The monoisotopic (exact) mass is 1200 g/mol. The molecule has 0 amide bonds. The number of allylic oxidation sites excluding steroid dienone is 12. The van der Waals surface area contributed by atoms with Gasteiger partial charge >= 0.3 is 58.8 Å². The Morgan fingerprint density at radius 3 is 1.13 bits per heavy atom. The molecule has 0 N–H and O–H groups in total. The van der Waals surface area contributed by atoms with Gasteiger partial charge in [0.2, 0.25) is 0 Å². The Morgan fingerprint density at radius 2 is 0.789 bits per heavy atom. The Balaban J connectivity index is -0.000000255. The molecule has 2 radical (unpaired) electrons. The molecule has 6 nitrogen and oxygen atoms in total. The van der Waals surface area contributed by atoms with Crippen molar-refractivity contribution in [2.75, 3.05) is 81.6 Å². The smallest absolute Gasteiger partial charge is 0.358 e. The van der Waals surface area contributed by atoms with Crippen LogP contribution in [0.2, 0.25) is 39.3 Å². The number of hydrogen-bond donors (Lipinski definition) is 0. The third kappa shape index (κ3) is 25.7. The molecule has 71 heavy (non-hydrogen) atoms. The van der Waals surface area contributed by atoms with Crippen LogP contribution in [0.3, 0.4) is 0 Å². The molecule has 0 atom stereocenters. The van der Waals surface area contributed by atoms with Gasteiger partial charge in [-0.25, -0.2) is 30.5 Å². The zero-order valence-corrected chi connectivity index (χ0v) is 54.9. The van der Waals surface area contributed by atoms with Gasteiger partial charge in [0.1, 0.15) is 0 Å². The maximum absolute atomic E-state index is 6.86. The fourth-order valence-corrected chi connectivity index (χ4v) is 23.2. The van der Waals surface area contributed by atoms with Gasteiger partial charge in [0.05, 0.1) is 7.44 Å². The minimum absolute atomic E-state index is 0. The van der Waals surface area contributed by atoms with Crippen molar-refractivity contribution in [3.05, 3.63) is 110 Å². The van der Waals surface area contributed by atoms with E-state index in [4.69, 9.17) is 7.57 Å². The van der Waals surface area contributed by atoms with E-state index in [2.05, 4.69) is 171 Å². The quantitative estimate of drug-likeness (QED) is 0.154. The van der Waals surface area contributed by atoms with Crippen molar-refractivity contribution in [1.82, 2.24) is 28.0 Å². The third-order valence-electron chi connectivity index (χ3n) is 13.6. The van der Waals surface area contributed by atoms with Gasteiger partial charge < -0.3 is 22.3 Å². The van der Waals surface area contributed by atoms with Gasteiger partial charge in [0.25, 0.3) is 0 Å². The van der Waals surface area contributed by atoms with E-state index in [1.807, 2.05) is 0 Å². The van der Waals surface area contributed by atoms with E-state index in [0.717, 1.165) is 32.4 Å². The SMILES string of the molecule is C.C.C1CCCC1.C1CCCC1.C1CCCC1.CN1CCN(C)P1C1=C([Si](C)(C)C)[CH-]CC=C1.CN1CCN(C)P1C1=C[CH-]CC=C1.[B][P+]1(C2=C([Si](C)(C)C)[CH-]CC=C2)N(C)CCN1C.[CH3-].[CH3-].[CH3-].[Fe+2].[Fe+2].[Fe+2]. The molecule has 0 aromatic rings. The number of hydrogen-bond acceptors (Lipinski definition) is 6. The maximum Gasteiger partial charge on any atom is 2.00 e. The second-order valence-corrected chi connectivity index (χ2v) is 39.2. The summed E-state index contributed by atoms with van der Waals surface area (Å²) in [5.74, 6) is 0. The fourth-order valence-electron chi connectivity index (χ4n) is 9.72. The van der Waals surface area contributed by atoms with Gasteiger partial charge in [-0.15, -0.1) is 47.1 Å². The molecule has 3 aliphatic heterocycles. The van der Waals surface area contributed by atoms with E-state index >= 15 is 0 Å². The molecule has 414 valence electrons. The molecule has 0 aromatic heterocycles. The molecule has 0 bridgehead atoms. The Bertz CT molecular complexity index is 1500. The summed E-state index contributed by atoms with van der Waals surface area (Å²) in [6.07, 6.45) is 49.0. The molecule has 0 aromatic carbocycles. The largest absolute Gasteiger partial charge is 2.00 e. The first kappa shape index (κ1) is 81.0. The van der Waals surface area contributed by atoms with E-state index in [1.165, 1.54) is 133 Å². The van der Waals surface area contributed by atoms with Crippen molar-refractivity contribution in [2.45, 2.75) is 170 Å². The summed E-state index contributed by atoms with van der Waals surface area (Å²) in [5.41, 5.74) is 0. The van der Waals surface area contributed by atoms with Crippen LogP contribution in [0.5, 0.6) is 0 Å². The summed E-state index contributed by atoms with van der Waals surface area (Å²) in [4.78, 5) is 0. The van der Waals surface area contributed by atoms with Gasteiger partial charge in [0.15, 0.2) is 0 Å². The molecule has 9 aliphatic rings. The van der Waals surface area contributed by atoms with E-state index in [0.29, 0.717) is 0 Å². The van der Waals surface area contributed by atoms with Crippen molar-refractivity contribution >= 4 is 47.6 Å². The Labute approximate surface area is 484 Å². The third-order valence-corrected chi connectivity index (χ3v) is 26.8. The number of likely N-dealkylation sites (N-methyl/N-ethyl adjacent to an activating group) is 6. The normalized spacial score (nSPS) is 22.2. The Kier molecular flexibility index (Phi) is 47.1. The van der Waals surface area contributed by atoms with Crippen molar-refractivity contribution in [2.24, 2.45) is 0 Å². The van der Waals surface area contributed by atoms with E-state index in [9.17, 15) is 0 Å². The van der Waals surface area contributed by atoms with Crippen LogP contribution >= 0.6 is 23.9 Å². The van der Waals surface area contributed by atoms with Crippen molar-refractivity contribution in [3.8, 4) is 0 Å². The zero-order chi connectivity index (χ0) is 46.0. The van der Waals surface area contributed by atoms with Gasteiger partial charge in [-0.05, 0) is 50.0 Å². The molecule has 6 fully saturated rings. The molecule has 15 heteroatoms. The number of rotatable bonds is 5. The first-order chi connectivity index (χ1) is 30.0. The van der Waals surface area contributed by atoms with E-state index < -0.39 is 23.6 Å². The van der Waals surface area contributed by atoms with Crippen LogP contribution in [0.1, 0.15) is 130 Å². The van der Waals surface area contributed by atoms with Gasteiger partial charge in [-0.2, -0.15) is 14.5 Å². The second kappa shape index (κ2) is 41.2. The molecule has 3 saturated heterocycles. The van der Waals surface area contributed by atoms with Crippen LogP contribution in [-0.2, 0) is 51.2 Å². The molecule has 0 unspecified atom stereocenters. The average molecular weight is 1200 g/mol. The number of nitrogens with zero attached hydrogens (tertiary/aromatic N) is 6. The molecular formula is C56H111BFe3N6P3Si2+. The summed E-state index contributed by atoms with van der Waals surface area (Å²) >= 11 is 0. The summed E-state index contributed by atoms with van der Waals surface area (Å²) in [7, 11) is 15.5. The van der Waals surface area contributed by atoms with Crippen LogP contribution in [0.25, 0.3) is 0 Å². The summed E-state index contributed by atoms with van der Waals surface area (Å²) in [6.45, 7) is 21.6. The minimum Gasteiger partial charge on any atom is -0.358 e. The zero-order valence-electron chi connectivity index (χ0n) is 46.9. The van der Waals surface area contributed by atoms with Crippen LogP contribution in [0.15, 0.2) is 68.9 Å². The average Bonchev–Trinajstić information content (AvgIpc) is 4.14. The summed E-state index contributed by atoms with van der Waals surface area (Å²) < 4.78 is 14.8. The first-order valence-electron chi connectivity index (χ1n) is 25.2. The van der Waals surface area contributed by atoms with Gasteiger partial charge in [-0.1, -0.05) is 170 Å². The summed E-state index contributed by atoms with van der Waals surface area (Å²) in [6, 6.07) is 0. The van der Waals surface area contributed by atoms with Crippen LogP contribution in [0.4, 0.5) is 0 Å². The van der Waals surface area contributed by atoms with E-state index in [-0.39, 0.29) is 105 Å². The van der Waals surface area contributed by atoms with Crippen molar-refractivity contribution in [1.29, 1.82) is 0 Å². The van der Waals surface area contributed by atoms with Gasteiger partial charge in [-0.3, -0.25) is 18.7 Å². The summed E-state index contributed by atoms with van der Waals surface area (Å²) in [5, 5.41) is 7.79.